The Hall–Kier alpha value is -1.48. The van der Waals surface area contributed by atoms with Crippen LogP contribution in [-0.2, 0) is 7.05 Å². The number of para-hydroxylation sites is 1. The molecule has 3 heteroatoms. The highest BCUT2D eigenvalue weighted by molar-refractivity contribution is 5.93. The Bertz CT molecular complexity index is 499. The lowest BCUT2D eigenvalue weighted by Gasteiger charge is -2.21. The van der Waals surface area contributed by atoms with E-state index in [2.05, 4.69) is 61.2 Å². The molecule has 1 heterocycles. The minimum Gasteiger partial charge on any atom is -0.379 e. The molecule has 0 aliphatic heterocycles. The fourth-order valence-electron chi connectivity index (χ4n) is 2.15. The molecule has 1 atom stereocenters. The molecule has 17 heavy (non-hydrogen) atoms. The predicted octanol–water partition coefficient (Wildman–Crippen LogP) is 2.57. The van der Waals surface area contributed by atoms with E-state index in [4.69, 9.17) is 5.73 Å². The Morgan fingerprint density at radius 1 is 1.29 bits per heavy atom. The molecule has 2 rings (SSSR count). The van der Waals surface area contributed by atoms with Gasteiger partial charge in [0, 0.05) is 36.7 Å². The maximum atomic E-state index is 5.80. The zero-order valence-electron chi connectivity index (χ0n) is 10.8. The number of nitrogens with zero attached hydrogens (tertiary/aromatic N) is 1. The maximum absolute atomic E-state index is 5.80. The van der Waals surface area contributed by atoms with Crippen molar-refractivity contribution in [2.24, 2.45) is 18.7 Å². The van der Waals surface area contributed by atoms with E-state index in [1.54, 1.807) is 0 Å². The molecular formula is C14H21N3. The summed E-state index contributed by atoms with van der Waals surface area (Å²) in [5, 5.41) is 4.80. The lowest BCUT2D eigenvalue weighted by molar-refractivity contribution is 0.532. The van der Waals surface area contributed by atoms with Crippen molar-refractivity contribution in [3.63, 3.8) is 0 Å². The normalized spacial score (nSPS) is 13.2. The molecule has 3 nitrogen and oxygen atoms in total. The van der Waals surface area contributed by atoms with Gasteiger partial charge in [-0.3, -0.25) is 0 Å². The predicted molar refractivity (Wildman–Crippen MR) is 74.2 cm³/mol. The number of nitrogens with two attached hydrogens (primary N) is 1. The van der Waals surface area contributed by atoms with Crippen LogP contribution in [-0.4, -0.2) is 17.2 Å². The highest BCUT2D eigenvalue weighted by atomic mass is 15.0. The molecule has 1 aromatic heterocycles. The van der Waals surface area contributed by atoms with E-state index in [0.29, 0.717) is 18.5 Å². The van der Waals surface area contributed by atoms with Crippen molar-refractivity contribution in [2.75, 3.05) is 11.9 Å². The molecule has 0 aliphatic carbocycles. The molecule has 0 aliphatic rings. The minimum absolute atomic E-state index is 0.320. The summed E-state index contributed by atoms with van der Waals surface area (Å²) in [7, 11) is 2.07. The van der Waals surface area contributed by atoms with Gasteiger partial charge < -0.3 is 15.6 Å². The maximum Gasteiger partial charge on any atom is 0.0602 e. The van der Waals surface area contributed by atoms with Crippen molar-refractivity contribution in [3.8, 4) is 0 Å². The summed E-state index contributed by atoms with van der Waals surface area (Å²) in [6.07, 6.45) is 2.13. The van der Waals surface area contributed by atoms with Gasteiger partial charge in [0.2, 0.25) is 0 Å². The third-order valence-corrected chi connectivity index (χ3v) is 3.30. The Morgan fingerprint density at radius 2 is 2.00 bits per heavy atom. The first-order chi connectivity index (χ1) is 8.13. The van der Waals surface area contributed by atoms with Gasteiger partial charge >= 0.3 is 0 Å². The van der Waals surface area contributed by atoms with Crippen LogP contribution in [0.4, 0.5) is 5.69 Å². The Labute approximate surface area is 103 Å². The molecule has 1 aromatic carbocycles. The average molecular weight is 231 g/mol. The van der Waals surface area contributed by atoms with Gasteiger partial charge in [-0.2, -0.15) is 0 Å². The van der Waals surface area contributed by atoms with Crippen molar-refractivity contribution < 1.29 is 0 Å². The second-order valence-corrected chi connectivity index (χ2v) is 4.90. The van der Waals surface area contributed by atoms with E-state index in [1.165, 1.54) is 16.6 Å². The van der Waals surface area contributed by atoms with Crippen molar-refractivity contribution in [1.29, 1.82) is 0 Å². The number of fused-ring (bicyclic) bond motifs is 1. The molecule has 1 unspecified atom stereocenters. The summed E-state index contributed by atoms with van der Waals surface area (Å²) in [4.78, 5) is 0. The van der Waals surface area contributed by atoms with Gasteiger partial charge in [0.05, 0.1) is 5.69 Å². The number of benzene rings is 1. The van der Waals surface area contributed by atoms with Crippen molar-refractivity contribution >= 4 is 16.6 Å². The smallest absolute Gasteiger partial charge is 0.0602 e. The Balaban J connectivity index is 2.36. The largest absolute Gasteiger partial charge is 0.379 e. The minimum atomic E-state index is 0.320. The topological polar surface area (TPSA) is 43.0 Å². The number of rotatable bonds is 4. The van der Waals surface area contributed by atoms with Gasteiger partial charge in [-0.05, 0) is 12.0 Å². The first-order valence-electron chi connectivity index (χ1n) is 6.14. The summed E-state index contributed by atoms with van der Waals surface area (Å²) < 4.78 is 2.14. The lowest BCUT2D eigenvalue weighted by Crippen LogP contribution is -2.33. The van der Waals surface area contributed by atoms with Crippen LogP contribution in [0.1, 0.15) is 13.8 Å². The van der Waals surface area contributed by atoms with Crippen LogP contribution >= 0.6 is 0 Å². The van der Waals surface area contributed by atoms with E-state index in [9.17, 15) is 0 Å². The van der Waals surface area contributed by atoms with Crippen molar-refractivity contribution in [3.05, 3.63) is 30.5 Å². The molecule has 2 aromatic rings. The van der Waals surface area contributed by atoms with E-state index in [0.717, 1.165) is 0 Å². The third-order valence-electron chi connectivity index (χ3n) is 3.30. The highest BCUT2D eigenvalue weighted by Crippen LogP contribution is 2.26. The van der Waals surface area contributed by atoms with Gasteiger partial charge in [-0.15, -0.1) is 0 Å². The molecule has 0 saturated carbocycles. The summed E-state index contributed by atoms with van der Waals surface area (Å²) in [5.74, 6) is 0.527. The van der Waals surface area contributed by atoms with Crippen LogP contribution in [0.3, 0.4) is 0 Å². The molecule has 0 bridgehead atoms. The van der Waals surface area contributed by atoms with Gasteiger partial charge in [0.1, 0.15) is 0 Å². The summed E-state index contributed by atoms with van der Waals surface area (Å²) >= 11 is 0. The number of aryl methyl sites for hydroxylation is 1. The lowest BCUT2D eigenvalue weighted by atomic mass is 10.0. The number of aromatic nitrogens is 1. The van der Waals surface area contributed by atoms with Crippen LogP contribution in [0.2, 0.25) is 0 Å². The zero-order chi connectivity index (χ0) is 12.4. The Kier molecular flexibility index (Phi) is 3.38. The molecular weight excluding hydrogens is 210 g/mol. The van der Waals surface area contributed by atoms with Crippen LogP contribution in [0.25, 0.3) is 10.9 Å². The SMILES string of the molecule is CC(C)C(CN)Nc1cn(C)c2ccccc12. The van der Waals surface area contributed by atoms with Gasteiger partial charge in [-0.25, -0.2) is 0 Å². The number of anilines is 1. The van der Waals surface area contributed by atoms with E-state index in [1.807, 2.05) is 0 Å². The number of hydrogen-bond donors (Lipinski definition) is 2. The summed E-state index contributed by atoms with van der Waals surface area (Å²) in [5.41, 5.74) is 8.22. The van der Waals surface area contributed by atoms with E-state index < -0.39 is 0 Å². The molecule has 3 N–H and O–H groups in total. The standard InChI is InChI=1S/C14H21N3/c1-10(2)12(8-15)16-13-9-17(3)14-7-5-4-6-11(13)14/h4-7,9-10,12,16H,8,15H2,1-3H3. The Morgan fingerprint density at radius 3 is 2.65 bits per heavy atom. The fraction of sp³-hybridized carbons (Fsp3) is 0.429. The van der Waals surface area contributed by atoms with Crippen LogP contribution in [0.15, 0.2) is 30.5 Å². The first kappa shape index (κ1) is 12.0. The molecule has 0 radical (unpaired) electrons. The van der Waals surface area contributed by atoms with E-state index >= 15 is 0 Å². The van der Waals surface area contributed by atoms with Crippen LogP contribution in [0.5, 0.6) is 0 Å². The van der Waals surface area contributed by atoms with Gasteiger partial charge in [0.25, 0.3) is 0 Å². The average Bonchev–Trinajstić information content (AvgIpc) is 2.63. The third kappa shape index (κ3) is 2.29. The molecule has 0 spiro atoms. The number of nitrogens with one attached hydrogen (secondary N) is 1. The molecule has 0 fully saturated rings. The number of hydrogen-bond acceptors (Lipinski definition) is 2. The van der Waals surface area contributed by atoms with Crippen LogP contribution in [0, 0.1) is 5.92 Å². The quantitative estimate of drug-likeness (QED) is 0.849. The van der Waals surface area contributed by atoms with Crippen molar-refractivity contribution in [2.45, 2.75) is 19.9 Å². The van der Waals surface area contributed by atoms with Gasteiger partial charge in [-0.1, -0.05) is 32.0 Å². The first-order valence-corrected chi connectivity index (χ1v) is 6.14. The summed E-state index contributed by atoms with van der Waals surface area (Å²) in [6.45, 7) is 5.03. The monoisotopic (exact) mass is 231 g/mol. The molecule has 0 amide bonds. The van der Waals surface area contributed by atoms with Crippen molar-refractivity contribution in [1.82, 2.24) is 4.57 Å². The fourth-order valence-corrected chi connectivity index (χ4v) is 2.15. The van der Waals surface area contributed by atoms with Crippen LogP contribution < -0.4 is 11.1 Å². The second kappa shape index (κ2) is 4.80. The molecule has 92 valence electrons. The van der Waals surface area contributed by atoms with E-state index in [-0.39, 0.29) is 0 Å². The second-order valence-electron chi connectivity index (χ2n) is 4.90. The van der Waals surface area contributed by atoms with Gasteiger partial charge in [0.15, 0.2) is 0 Å². The molecule has 0 saturated heterocycles. The zero-order valence-corrected chi connectivity index (χ0v) is 10.8. The highest BCUT2D eigenvalue weighted by Gasteiger charge is 2.13. The summed E-state index contributed by atoms with van der Waals surface area (Å²) in [6, 6.07) is 8.73.